The Morgan fingerprint density at radius 1 is 1.36 bits per heavy atom. The van der Waals surface area contributed by atoms with E-state index >= 15 is 0 Å². The summed E-state index contributed by atoms with van der Waals surface area (Å²) in [4.78, 5) is 34.3. The molecule has 2 unspecified atom stereocenters. The van der Waals surface area contributed by atoms with Crippen LogP contribution in [0.2, 0.25) is 5.02 Å². The lowest BCUT2D eigenvalue weighted by molar-refractivity contribution is -0.168. The van der Waals surface area contributed by atoms with Crippen molar-refractivity contribution in [3.8, 4) is 0 Å². The van der Waals surface area contributed by atoms with E-state index in [4.69, 9.17) is 21.2 Å². The quantitative estimate of drug-likeness (QED) is 0.270. The van der Waals surface area contributed by atoms with Crippen LogP contribution in [0.1, 0.15) is 44.1 Å². The third-order valence-electron chi connectivity index (χ3n) is 6.39. The standard InChI is InChI=1S/C22H26ClFN4O4S/c1-31-20(30)22-8-6-7-15(22)19(26-32-22)14-11-18(17(24)12-16(14)23)25-21(33-2)28-10-5-3-4-9-27(28)13-29/h11-13,15H,3-10H2,1-2H3. The lowest BCUT2D eigenvalue weighted by Gasteiger charge is -2.31. The van der Waals surface area contributed by atoms with Gasteiger partial charge >= 0.3 is 5.97 Å². The summed E-state index contributed by atoms with van der Waals surface area (Å²) in [6.45, 7) is 1.20. The second-order valence-electron chi connectivity index (χ2n) is 8.23. The minimum Gasteiger partial charge on any atom is -0.466 e. The van der Waals surface area contributed by atoms with E-state index in [1.165, 1.54) is 31.0 Å². The van der Waals surface area contributed by atoms with Crippen LogP contribution in [0, 0.1) is 11.7 Å². The summed E-state index contributed by atoms with van der Waals surface area (Å²) in [5.41, 5.74) is -0.121. The number of hydrazine groups is 1. The van der Waals surface area contributed by atoms with Gasteiger partial charge in [-0.25, -0.2) is 14.2 Å². The summed E-state index contributed by atoms with van der Waals surface area (Å²) in [5.74, 6) is -1.39. The number of hydrogen-bond donors (Lipinski definition) is 0. The Labute approximate surface area is 201 Å². The van der Waals surface area contributed by atoms with Crippen molar-refractivity contribution in [3.63, 3.8) is 0 Å². The number of nitrogens with zero attached hydrogens (tertiary/aromatic N) is 4. The van der Waals surface area contributed by atoms with Crippen molar-refractivity contribution in [1.82, 2.24) is 10.0 Å². The normalized spacial score (nSPS) is 25.3. The lowest BCUT2D eigenvalue weighted by Crippen LogP contribution is -2.44. The fraction of sp³-hybridized carbons (Fsp3) is 0.545. The Kier molecular flexibility index (Phi) is 7.13. The zero-order valence-corrected chi connectivity index (χ0v) is 20.1. The first-order valence-electron chi connectivity index (χ1n) is 10.9. The molecule has 1 saturated carbocycles. The monoisotopic (exact) mass is 496 g/mol. The van der Waals surface area contributed by atoms with Crippen LogP contribution in [-0.2, 0) is 19.2 Å². The third-order valence-corrected chi connectivity index (χ3v) is 7.37. The molecule has 2 atom stereocenters. The number of methoxy groups -OCH3 is 1. The summed E-state index contributed by atoms with van der Waals surface area (Å²) in [5, 5.41) is 8.21. The first kappa shape index (κ1) is 23.8. The number of aliphatic imine (C=N–C) groups is 1. The third kappa shape index (κ3) is 4.30. The second-order valence-corrected chi connectivity index (χ2v) is 9.41. The molecule has 2 fully saturated rings. The molecule has 11 heteroatoms. The molecule has 33 heavy (non-hydrogen) atoms. The maximum atomic E-state index is 14.9. The largest absolute Gasteiger partial charge is 0.466 e. The highest BCUT2D eigenvalue weighted by molar-refractivity contribution is 8.13. The van der Waals surface area contributed by atoms with Gasteiger partial charge in [0.2, 0.25) is 12.0 Å². The number of carbonyl (C=O) groups is 2. The van der Waals surface area contributed by atoms with Gasteiger partial charge in [0.15, 0.2) is 5.17 Å². The van der Waals surface area contributed by atoms with Gasteiger partial charge in [-0.05, 0) is 50.5 Å². The number of esters is 1. The van der Waals surface area contributed by atoms with Gasteiger partial charge < -0.3 is 9.57 Å². The van der Waals surface area contributed by atoms with Crippen LogP contribution in [0.4, 0.5) is 10.1 Å². The Bertz CT molecular complexity index is 1010. The van der Waals surface area contributed by atoms with Crippen molar-refractivity contribution in [1.29, 1.82) is 0 Å². The number of carbonyl (C=O) groups excluding carboxylic acids is 2. The summed E-state index contributed by atoms with van der Waals surface area (Å²) in [6, 6.07) is 2.73. The fourth-order valence-corrected chi connectivity index (χ4v) is 5.58. The average Bonchev–Trinajstić information content (AvgIpc) is 3.30. The van der Waals surface area contributed by atoms with Crippen molar-refractivity contribution in [3.05, 3.63) is 28.5 Å². The first-order valence-corrected chi connectivity index (χ1v) is 12.5. The fourth-order valence-electron chi connectivity index (χ4n) is 4.74. The minimum atomic E-state index is -1.16. The Hall–Kier alpha value is -2.33. The van der Waals surface area contributed by atoms with Gasteiger partial charge in [0.1, 0.15) is 11.5 Å². The predicted molar refractivity (Wildman–Crippen MR) is 125 cm³/mol. The molecule has 3 aliphatic rings. The summed E-state index contributed by atoms with van der Waals surface area (Å²) < 4.78 is 19.9. The van der Waals surface area contributed by atoms with Crippen molar-refractivity contribution >= 4 is 52.3 Å². The number of benzene rings is 1. The molecule has 1 aromatic carbocycles. The first-order chi connectivity index (χ1) is 15.9. The van der Waals surface area contributed by atoms with Gasteiger partial charge in [-0.2, -0.15) is 0 Å². The number of amides is 1. The van der Waals surface area contributed by atoms with Gasteiger partial charge in [0.05, 0.1) is 23.8 Å². The van der Waals surface area contributed by atoms with Crippen molar-refractivity contribution in [2.24, 2.45) is 16.1 Å². The van der Waals surface area contributed by atoms with Gasteiger partial charge in [-0.1, -0.05) is 28.5 Å². The lowest BCUT2D eigenvalue weighted by atomic mass is 9.84. The molecule has 0 radical (unpaired) electrons. The van der Waals surface area contributed by atoms with Gasteiger partial charge in [-0.15, -0.1) is 0 Å². The van der Waals surface area contributed by atoms with Crippen molar-refractivity contribution < 1.29 is 23.6 Å². The average molecular weight is 497 g/mol. The second kappa shape index (κ2) is 9.89. The Morgan fingerprint density at radius 3 is 2.88 bits per heavy atom. The molecule has 0 bridgehead atoms. The number of hydrogen-bond acceptors (Lipinski definition) is 7. The molecule has 1 aliphatic carbocycles. The highest BCUT2D eigenvalue weighted by Crippen LogP contribution is 2.47. The van der Waals surface area contributed by atoms with Crippen LogP contribution in [0.25, 0.3) is 0 Å². The molecule has 0 aromatic heterocycles. The highest BCUT2D eigenvalue weighted by Gasteiger charge is 2.59. The number of amidine groups is 1. The number of ether oxygens (including phenoxy) is 1. The van der Waals surface area contributed by atoms with Gasteiger partial charge in [-0.3, -0.25) is 14.8 Å². The molecular formula is C22H26ClFN4O4S. The van der Waals surface area contributed by atoms with E-state index in [1.54, 1.807) is 10.0 Å². The SMILES string of the molecule is COC(=O)C12CCCC1C(c1cc(N=C(SC)N3CCCCCN3C=O)c(F)cc1Cl)=NO2. The zero-order valence-electron chi connectivity index (χ0n) is 18.6. The van der Waals surface area contributed by atoms with Crippen LogP contribution < -0.4 is 0 Å². The number of thioether (sulfide) groups is 1. The molecule has 1 aromatic rings. The van der Waals surface area contributed by atoms with Crippen molar-refractivity contribution in [2.75, 3.05) is 26.5 Å². The Morgan fingerprint density at radius 2 is 2.15 bits per heavy atom. The molecule has 0 spiro atoms. The predicted octanol–water partition coefficient (Wildman–Crippen LogP) is 4.14. The summed E-state index contributed by atoms with van der Waals surface area (Å²) in [7, 11) is 1.32. The molecule has 0 N–H and O–H groups in total. The zero-order chi connectivity index (χ0) is 23.6. The smallest absolute Gasteiger partial charge is 0.353 e. The molecule has 1 amide bonds. The van der Waals surface area contributed by atoms with Crippen LogP contribution in [0.15, 0.2) is 22.3 Å². The van der Waals surface area contributed by atoms with Crippen LogP contribution >= 0.6 is 23.4 Å². The molecule has 2 aliphatic heterocycles. The number of halogens is 2. The van der Waals surface area contributed by atoms with E-state index in [0.29, 0.717) is 42.4 Å². The number of fused-ring (bicyclic) bond motifs is 1. The Balaban J connectivity index is 1.71. The molecule has 8 nitrogen and oxygen atoms in total. The topological polar surface area (TPSA) is 83.8 Å². The van der Waals surface area contributed by atoms with E-state index < -0.39 is 17.4 Å². The maximum absolute atomic E-state index is 14.9. The summed E-state index contributed by atoms with van der Waals surface area (Å²) in [6.07, 6.45) is 7.37. The summed E-state index contributed by atoms with van der Waals surface area (Å²) >= 11 is 7.74. The molecular weight excluding hydrogens is 471 g/mol. The molecule has 178 valence electrons. The van der Waals surface area contributed by atoms with E-state index in [-0.39, 0.29) is 16.6 Å². The number of rotatable bonds is 4. The van der Waals surface area contributed by atoms with Gasteiger partial charge in [0.25, 0.3) is 0 Å². The van der Waals surface area contributed by atoms with Gasteiger partial charge in [0, 0.05) is 25.1 Å². The van der Waals surface area contributed by atoms with Crippen LogP contribution in [0.3, 0.4) is 0 Å². The maximum Gasteiger partial charge on any atom is 0.353 e. The molecule has 4 rings (SSSR count). The molecule has 1 saturated heterocycles. The van der Waals surface area contributed by atoms with E-state index in [9.17, 15) is 14.0 Å². The van der Waals surface area contributed by atoms with E-state index in [2.05, 4.69) is 10.1 Å². The number of oxime groups is 1. The van der Waals surface area contributed by atoms with E-state index in [1.807, 2.05) is 6.26 Å². The van der Waals surface area contributed by atoms with Crippen molar-refractivity contribution in [2.45, 2.75) is 44.1 Å². The van der Waals surface area contributed by atoms with E-state index in [0.717, 1.165) is 32.1 Å². The molecule has 2 heterocycles. The van der Waals surface area contributed by atoms with Crippen LogP contribution in [0.5, 0.6) is 0 Å². The highest BCUT2D eigenvalue weighted by atomic mass is 35.5. The van der Waals surface area contributed by atoms with Crippen LogP contribution in [-0.4, -0.2) is 65.3 Å². The minimum absolute atomic E-state index is 0.0742.